The van der Waals surface area contributed by atoms with Gasteiger partial charge >= 0.3 is 18.0 Å². The number of hydrogen-bond acceptors (Lipinski definition) is 9. The molecule has 1 aliphatic rings. The first kappa shape index (κ1) is 28.0. The summed E-state index contributed by atoms with van der Waals surface area (Å²) in [5, 5.41) is 7.26. The molecule has 1 unspecified atom stereocenters. The maximum Gasteiger partial charge on any atom is 0.433 e. The maximum atomic E-state index is 12.5. The highest BCUT2D eigenvalue weighted by atomic mass is 32.1. The Labute approximate surface area is 235 Å². The predicted octanol–water partition coefficient (Wildman–Crippen LogP) is 5.24. The standard InChI is InChI=1S/C29H28N2O6S2/c1-21(32)37-25(19-24-5-3-4-22(18-24)6-7-23-12-17-38-20-23)10-13-30-15-16-36-29(34)31(30)14-11-26-8-9-27(39-26)28(33)35-2/h3-5,8-9,12,15-18,20,25H,10-11,13-14,19H2,1-2H3. The third-order valence-electron chi connectivity index (χ3n) is 5.82. The zero-order valence-electron chi connectivity index (χ0n) is 21.6. The molecule has 3 aromatic rings. The number of hydrogen-bond donors (Lipinski definition) is 0. The van der Waals surface area contributed by atoms with Gasteiger partial charge in [0.25, 0.3) is 0 Å². The van der Waals surface area contributed by atoms with E-state index in [-0.39, 0.29) is 11.9 Å². The molecule has 202 valence electrons. The van der Waals surface area contributed by atoms with Gasteiger partial charge in [0.15, 0.2) is 0 Å². The normalized spacial score (nSPS) is 13.3. The Morgan fingerprint density at radius 2 is 1.95 bits per heavy atom. The summed E-state index contributed by atoms with van der Waals surface area (Å²) in [6, 6.07) is 13.4. The van der Waals surface area contributed by atoms with Crippen LogP contribution in [0.5, 0.6) is 0 Å². The molecule has 8 nitrogen and oxygen atoms in total. The molecular weight excluding hydrogens is 536 g/mol. The number of nitrogens with zero attached hydrogens (tertiary/aromatic N) is 2. The van der Waals surface area contributed by atoms with Crippen LogP contribution in [0, 0.1) is 11.8 Å². The van der Waals surface area contributed by atoms with Gasteiger partial charge in [0.1, 0.15) is 17.2 Å². The third kappa shape index (κ3) is 8.21. The van der Waals surface area contributed by atoms with E-state index in [1.54, 1.807) is 28.6 Å². The SMILES string of the molecule is COC(=O)c1ccc(CCN2C(=O)OC=CN2CCC(Cc2cccc(C#Cc3ccsc3)c2)OC(C)=O)s1. The zero-order chi connectivity index (χ0) is 27.6. The third-order valence-corrected chi connectivity index (χ3v) is 7.62. The number of esters is 2. The number of amides is 1. The first-order chi connectivity index (χ1) is 18.9. The molecule has 1 amide bonds. The van der Waals surface area contributed by atoms with Gasteiger partial charge in [-0.15, -0.1) is 11.3 Å². The van der Waals surface area contributed by atoms with E-state index in [1.807, 2.05) is 47.2 Å². The molecule has 0 aliphatic carbocycles. The fourth-order valence-electron chi connectivity index (χ4n) is 3.99. The Balaban J connectivity index is 1.39. The van der Waals surface area contributed by atoms with Crippen molar-refractivity contribution in [2.24, 2.45) is 0 Å². The highest BCUT2D eigenvalue weighted by Gasteiger charge is 2.25. The Morgan fingerprint density at radius 3 is 2.72 bits per heavy atom. The van der Waals surface area contributed by atoms with Crippen LogP contribution < -0.4 is 0 Å². The number of thiophene rings is 2. The molecule has 3 heterocycles. The van der Waals surface area contributed by atoms with Gasteiger partial charge in [0.2, 0.25) is 0 Å². The van der Waals surface area contributed by atoms with Crippen molar-refractivity contribution in [3.05, 3.63) is 92.1 Å². The molecule has 10 heteroatoms. The first-order valence-electron chi connectivity index (χ1n) is 12.3. The van der Waals surface area contributed by atoms with Gasteiger partial charge < -0.3 is 14.2 Å². The van der Waals surface area contributed by atoms with Gasteiger partial charge in [-0.3, -0.25) is 9.80 Å². The van der Waals surface area contributed by atoms with Crippen LogP contribution in [0.3, 0.4) is 0 Å². The summed E-state index contributed by atoms with van der Waals surface area (Å²) in [5.41, 5.74) is 2.86. The summed E-state index contributed by atoms with van der Waals surface area (Å²) in [4.78, 5) is 37.6. The van der Waals surface area contributed by atoms with E-state index in [0.717, 1.165) is 21.6 Å². The number of hydrazine groups is 1. The van der Waals surface area contributed by atoms with Crippen LogP contribution in [0.2, 0.25) is 0 Å². The van der Waals surface area contributed by atoms with Crippen LogP contribution in [0.1, 0.15) is 44.6 Å². The van der Waals surface area contributed by atoms with E-state index in [1.165, 1.54) is 36.6 Å². The van der Waals surface area contributed by atoms with E-state index in [4.69, 9.17) is 14.2 Å². The fraction of sp³-hybridized carbons (Fsp3) is 0.276. The van der Waals surface area contributed by atoms with Crippen molar-refractivity contribution in [1.29, 1.82) is 0 Å². The van der Waals surface area contributed by atoms with Gasteiger partial charge in [-0.25, -0.2) is 14.6 Å². The molecule has 2 aromatic heterocycles. The Hall–Kier alpha value is -4.07. The van der Waals surface area contributed by atoms with Crippen LogP contribution in [0.25, 0.3) is 0 Å². The van der Waals surface area contributed by atoms with Crippen molar-refractivity contribution >= 4 is 40.7 Å². The Morgan fingerprint density at radius 1 is 1.10 bits per heavy atom. The van der Waals surface area contributed by atoms with Crippen LogP contribution in [-0.2, 0) is 31.8 Å². The van der Waals surface area contributed by atoms with Crippen molar-refractivity contribution in [3.63, 3.8) is 0 Å². The molecule has 4 rings (SSSR count). The van der Waals surface area contributed by atoms with Gasteiger partial charge in [-0.2, -0.15) is 11.3 Å². The lowest BCUT2D eigenvalue weighted by molar-refractivity contribution is -0.147. The number of carbonyl (C=O) groups excluding carboxylic acids is 3. The van der Waals surface area contributed by atoms with Crippen LogP contribution >= 0.6 is 22.7 Å². The van der Waals surface area contributed by atoms with Gasteiger partial charge in [-0.05, 0) is 41.3 Å². The highest BCUT2D eigenvalue weighted by molar-refractivity contribution is 7.13. The molecule has 1 atom stereocenters. The summed E-state index contributed by atoms with van der Waals surface area (Å²) in [7, 11) is 1.34. The zero-order valence-corrected chi connectivity index (χ0v) is 23.3. The molecule has 0 radical (unpaired) electrons. The average molecular weight is 565 g/mol. The fourth-order valence-corrected chi connectivity index (χ4v) is 5.49. The molecule has 0 spiro atoms. The second-order valence-corrected chi connectivity index (χ2v) is 10.6. The number of benzene rings is 1. The molecular formula is C29H28N2O6S2. The topological polar surface area (TPSA) is 85.4 Å². The van der Waals surface area contributed by atoms with Crippen molar-refractivity contribution in [3.8, 4) is 11.8 Å². The monoisotopic (exact) mass is 564 g/mol. The van der Waals surface area contributed by atoms with Crippen LogP contribution in [-0.4, -0.2) is 54.4 Å². The van der Waals surface area contributed by atoms with E-state index in [2.05, 4.69) is 11.8 Å². The van der Waals surface area contributed by atoms with E-state index >= 15 is 0 Å². The first-order valence-corrected chi connectivity index (χ1v) is 14.1. The summed E-state index contributed by atoms with van der Waals surface area (Å²) >= 11 is 2.94. The van der Waals surface area contributed by atoms with Crippen LogP contribution in [0.4, 0.5) is 4.79 Å². The number of cyclic esters (lactones) is 1. The van der Waals surface area contributed by atoms with Gasteiger partial charge in [0.05, 0.1) is 19.9 Å². The minimum absolute atomic E-state index is 0.355. The van der Waals surface area contributed by atoms with Crippen molar-refractivity contribution < 1.29 is 28.6 Å². The molecule has 0 fully saturated rings. The summed E-state index contributed by atoms with van der Waals surface area (Å²) in [6.45, 7) is 2.18. The van der Waals surface area contributed by atoms with E-state index in [0.29, 0.717) is 37.2 Å². The largest absolute Gasteiger partial charge is 0.465 e. The van der Waals surface area contributed by atoms with Crippen molar-refractivity contribution in [1.82, 2.24) is 10.0 Å². The predicted molar refractivity (Wildman–Crippen MR) is 149 cm³/mol. The lowest BCUT2D eigenvalue weighted by atomic mass is 10.0. The molecule has 0 saturated heterocycles. The molecule has 0 saturated carbocycles. The molecule has 0 N–H and O–H groups in total. The summed E-state index contributed by atoms with van der Waals surface area (Å²) in [5.74, 6) is 5.59. The Bertz CT molecular complexity index is 1390. The average Bonchev–Trinajstić information content (AvgIpc) is 3.62. The van der Waals surface area contributed by atoms with E-state index < -0.39 is 12.2 Å². The van der Waals surface area contributed by atoms with E-state index in [9.17, 15) is 14.4 Å². The minimum atomic E-state index is -0.497. The maximum absolute atomic E-state index is 12.5. The highest BCUT2D eigenvalue weighted by Crippen LogP contribution is 2.20. The number of methoxy groups -OCH3 is 1. The molecule has 1 aliphatic heterocycles. The van der Waals surface area contributed by atoms with Crippen LogP contribution in [0.15, 0.2) is 65.7 Å². The van der Waals surface area contributed by atoms with Crippen molar-refractivity contribution in [2.45, 2.75) is 32.3 Å². The van der Waals surface area contributed by atoms with Crippen molar-refractivity contribution in [2.75, 3.05) is 20.2 Å². The summed E-state index contributed by atoms with van der Waals surface area (Å²) in [6.07, 6.45) is 3.68. The quantitative estimate of drug-likeness (QED) is 0.189. The summed E-state index contributed by atoms with van der Waals surface area (Å²) < 4.78 is 15.5. The Kier molecular flexibility index (Phi) is 9.78. The second-order valence-electron chi connectivity index (χ2n) is 8.65. The lowest BCUT2D eigenvalue weighted by Crippen LogP contribution is -2.47. The van der Waals surface area contributed by atoms with Gasteiger partial charge in [0, 0.05) is 54.1 Å². The number of ether oxygens (including phenoxy) is 3. The second kappa shape index (κ2) is 13.6. The molecule has 39 heavy (non-hydrogen) atoms. The number of carbonyl (C=O) groups is 3. The minimum Gasteiger partial charge on any atom is -0.465 e. The smallest absolute Gasteiger partial charge is 0.433 e. The molecule has 1 aromatic carbocycles. The lowest BCUT2D eigenvalue weighted by Gasteiger charge is -2.35. The van der Waals surface area contributed by atoms with Gasteiger partial charge in [-0.1, -0.05) is 24.0 Å². The number of rotatable bonds is 10. The molecule has 0 bridgehead atoms.